The molecule has 0 N–H and O–H groups in total. The van der Waals surface area contributed by atoms with Gasteiger partial charge in [-0.25, -0.2) is 0 Å². The molecule has 0 radical (unpaired) electrons. The van der Waals surface area contributed by atoms with Crippen LogP contribution in [-0.4, -0.2) is 42.0 Å². The fourth-order valence-electron chi connectivity index (χ4n) is 2.86. The van der Waals surface area contributed by atoms with Gasteiger partial charge in [0.15, 0.2) is 5.78 Å². The summed E-state index contributed by atoms with van der Waals surface area (Å²) in [4.78, 5) is 14.3. The van der Waals surface area contributed by atoms with Gasteiger partial charge in [-0.1, -0.05) is 0 Å². The molecule has 1 spiro atoms. The Hall–Kier alpha value is -0.410. The molecule has 2 rings (SSSR count). The Kier molecular flexibility index (Phi) is 2.62. The van der Waals surface area contributed by atoms with Gasteiger partial charge in [-0.3, -0.25) is 9.69 Å². The molecular formula is C11H19NO2. The summed E-state index contributed by atoms with van der Waals surface area (Å²) < 4.78 is 5.35. The fourth-order valence-corrected chi connectivity index (χ4v) is 2.86. The van der Waals surface area contributed by atoms with Gasteiger partial charge in [0.25, 0.3) is 0 Å². The van der Waals surface area contributed by atoms with E-state index in [4.69, 9.17) is 4.74 Å². The van der Waals surface area contributed by atoms with Gasteiger partial charge in [-0.2, -0.15) is 0 Å². The first-order valence-electron chi connectivity index (χ1n) is 5.54. The fraction of sp³-hybridized carbons (Fsp3) is 0.909. The minimum Gasteiger partial charge on any atom is -0.381 e. The Balaban J connectivity index is 2.22. The summed E-state index contributed by atoms with van der Waals surface area (Å²) in [6.45, 7) is 6.78. The molecule has 0 aromatic rings. The van der Waals surface area contributed by atoms with E-state index in [2.05, 4.69) is 18.7 Å². The molecule has 3 heteroatoms. The molecular weight excluding hydrogens is 178 g/mol. The lowest BCUT2D eigenvalue weighted by atomic mass is 9.85. The molecule has 0 unspecified atom stereocenters. The molecule has 2 saturated heterocycles. The quantitative estimate of drug-likeness (QED) is 0.633. The van der Waals surface area contributed by atoms with Gasteiger partial charge in [0.1, 0.15) is 0 Å². The highest BCUT2D eigenvalue weighted by Crippen LogP contribution is 2.36. The Morgan fingerprint density at radius 1 is 1.36 bits per heavy atom. The van der Waals surface area contributed by atoms with Crippen molar-refractivity contribution in [1.29, 1.82) is 0 Å². The Bertz CT molecular complexity index is 231. The predicted molar refractivity (Wildman–Crippen MR) is 54.3 cm³/mol. The van der Waals surface area contributed by atoms with E-state index >= 15 is 0 Å². The van der Waals surface area contributed by atoms with Crippen molar-refractivity contribution < 1.29 is 9.53 Å². The molecule has 2 aliphatic rings. The molecule has 3 nitrogen and oxygen atoms in total. The van der Waals surface area contributed by atoms with Gasteiger partial charge < -0.3 is 4.74 Å². The third-order valence-electron chi connectivity index (χ3n) is 3.59. The number of hydrogen-bond donors (Lipinski definition) is 0. The van der Waals surface area contributed by atoms with Gasteiger partial charge >= 0.3 is 0 Å². The lowest BCUT2D eigenvalue weighted by Gasteiger charge is -2.42. The lowest BCUT2D eigenvalue weighted by Crippen LogP contribution is -2.54. The molecule has 2 fully saturated rings. The van der Waals surface area contributed by atoms with Crippen LogP contribution in [0.5, 0.6) is 0 Å². The van der Waals surface area contributed by atoms with E-state index < -0.39 is 0 Å². The first kappa shape index (κ1) is 10.1. The van der Waals surface area contributed by atoms with E-state index in [1.54, 1.807) is 0 Å². The van der Waals surface area contributed by atoms with Crippen molar-refractivity contribution in [2.24, 2.45) is 0 Å². The van der Waals surface area contributed by atoms with Crippen molar-refractivity contribution in [3.63, 3.8) is 0 Å². The maximum absolute atomic E-state index is 12.0. The zero-order valence-corrected chi connectivity index (χ0v) is 9.08. The zero-order chi connectivity index (χ0) is 10.2. The number of likely N-dealkylation sites (tertiary alicyclic amines) is 1. The largest absolute Gasteiger partial charge is 0.381 e. The molecule has 0 saturated carbocycles. The van der Waals surface area contributed by atoms with Crippen LogP contribution in [0.3, 0.4) is 0 Å². The molecule has 0 amide bonds. The molecule has 0 aliphatic carbocycles. The van der Waals surface area contributed by atoms with E-state index in [0.29, 0.717) is 11.8 Å². The second-order valence-corrected chi connectivity index (χ2v) is 4.60. The number of hydrogen-bond acceptors (Lipinski definition) is 3. The van der Waals surface area contributed by atoms with Crippen LogP contribution < -0.4 is 0 Å². The molecule has 2 heterocycles. The molecule has 80 valence electrons. The molecule has 0 aromatic carbocycles. The topological polar surface area (TPSA) is 29.5 Å². The van der Waals surface area contributed by atoms with E-state index in [1.165, 1.54) is 0 Å². The van der Waals surface area contributed by atoms with Crippen LogP contribution in [-0.2, 0) is 9.53 Å². The number of ether oxygens (including phenoxy) is 1. The predicted octanol–water partition coefficient (Wildman–Crippen LogP) is 1.22. The third-order valence-corrected chi connectivity index (χ3v) is 3.59. The Morgan fingerprint density at radius 3 is 2.57 bits per heavy atom. The van der Waals surface area contributed by atoms with Crippen LogP contribution in [0.1, 0.15) is 33.1 Å². The molecule has 14 heavy (non-hydrogen) atoms. The molecule has 0 atom stereocenters. The number of nitrogens with zero attached hydrogens (tertiary/aromatic N) is 1. The number of carbonyl (C=O) groups excluding carboxylic acids is 1. The normalized spacial score (nSPS) is 27.8. The maximum atomic E-state index is 12.0. The van der Waals surface area contributed by atoms with Crippen molar-refractivity contribution in [2.45, 2.75) is 44.7 Å². The van der Waals surface area contributed by atoms with E-state index in [0.717, 1.165) is 39.0 Å². The average molecular weight is 197 g/mol. The van der Waals surface area contributed by atoms with Gasteiger partial charge in [0, 0.05) is 32.2 Å². The first-order valence-corrected chi connectivity index (χ1v) is 5.54. The third kappa shape index (κ3) is 1.39. The monoisotopic (exact) mass is 197 g/mol. The van der Waals surface area contributed by atoms with Crippen LogP contribution in [0.2, 0.25) is 0 Å². The van der Waals surface area contributed by atoms with Crippen molar-refractivity contribution in [1.82, 2.24) is 4.90 Å². The smallest absolute Gasteiger partial charge is 0.154 e. The summed E-state index contributed by atoms with van der Waals surface area (Å²) in [5, 5.41) is 0. The summed E-state index contributed by atoms with van der Waals surface area (Å²) in [7, 11) is 0. The van der Waals surface area contributed by atoms with Crippen molar-refractivity contribution in [3.8, 4) is 0 Å². The van der Waals surface area contributed by atoms with Gasteiger partial charge in [0.05, 0.1) is 5.54 Å². The van der Waals surface area contributed by atoms with E-state index in [9.17, 15) is 4.79 Å². The molecule has 0 aromatic heterocycles. The highest BCUT2D eigenvalue weighted by molar-refractivity contribution is 5.90. The van der Waals surface area contributed by atoms with Crippen LogP contribution in [0, 0.1) is 0 Å². The molecule has 0 bridgehead atoms. The van der Waals surface area contributed by atoms with E-state index in [1.807, 2.05) is 0 Å². The number of carbonyl (C=O) groups is 1. The first-order chi connectivity index (χ1) is 6.67. The summed E-state index contributed by atoms with van der Waals surface area (Å²) in [5.74, 6) is 0.439. The van der Waals surface area contributed by atoms with Crippen LogP contribution >= 0.6 is 0 Å². The van der Waals surface area contributed by atoms with Gasteiger partial charge in [-0.15, -0.1) is 0 Å². The van der Waals surface area contributed by atoms with Gasteiger partial charge in [0.2, 0.25) is 0 Å². The van der Waals surface area contributed by atoms with Crippen molar-refractivity contribution in [3.05, 3.63) is 0 Å². The summed E-state index contributed by atoms with van der Waals surface area (Å²) in [6, 6.07) is 0.472. The SMILES string of the molecule is CC(C)N1CCC(=O)C12CCOCC2. The van der Waals surface area contributed by atoms with Gasteiger partial charge in [-0.05, 0) is 26.7 Å². The minimum atomic E-state index is -0.160. The van der Waals surface area contributed by atoms with E-state index in [-0.39, 0.29) is 5.54 Å². The highest BCUT2D eigenvalue weighted by Gasteiger charge is 2.49. The van der Waals surface area contributed by atoms with Crippen molar-refractivity contribution in [2.75, 3.05) is 19.8 Å². The highest BCUT2D eigenvalue weighted by atomic mass is 16.5. The Labute approximate surface area is 85.4 Å². The summed E-state index contributed by atoms with van der Waals surface area (Å²) in [5.41, 5.74) is -0.160. The van der Waals surface area contributed by atoms with Crippen molar-refractivity contribution >= 4 is 5.78 Å². The lowest BCUT2D eigenvalue weighted by molar-refractivity contribution is -0.131. The maximum Gasteiger partial charge on any atom is 0.154 e. The number of rotatable bonds is 1. The number of Topliss-reactive ketones (excluding diaryl/α,β-unsaturated/α-hetero) is 1. The second kappa shape index (κ2) is 3.63. The number of ketones is 1. The summed E-state index contributed by atoms with van der Waals surface area (Å²) >= 11 is 0. The Morgan fingerprint density at radius 2 is 2.00 bits per heavy atom. The van der Waals surface area contributed by atoms with Crippen LogP contribution in [0.25, 0.3) is 0 Å². The standard InChI is InChI=1S/C11H19NO2/c1-9(2)12-6-3-10(13)11(12)4-7-14-8-5-11/h9H,3-8H2,1-2H3. The second-order valence-electron chi connectivity index (χ2n) is 4.60. The summed E-state index contributed by atoms with van der Waals surface area (Å²) in [6.07, 6.45) is 2.52. The average Bonchev–Trinajstić information content (AvgIpc) is 2.46. The minimum absolute atomic E-state index is 0.160. The zero-order valence-electron chi connectivity index (χ0n) is 9.08. The molecule has 2 aliphatic heterocycles. The van der Waals surface area contributed by atoms with Crippen LogP contribution in [0.15, 0.2) is 0 Å². The van der Waals surface area contributed by atoms with Crippen LogP contribution in [0.4, 0.5) is 0 Å².